The highest BCUT2D eigenvalue weighted by atomic mass is 15.3. The van der Waals surface area contributed by atoms with Gasteiger partial charge in [-0.2, -0.15) is 15.0 Å². The second-order valence-corrected chi connectivity index (χ2v) is 5.67. The summed E-state index contributed by atoms with van der Waals surface area (Å²) >= 11 is 0. The SMILES string of the molecule is CC[C@@H](C)Nc1nc(N[C@@H](C)CC)nc(N[C@@H](C)CC)n1. The Hall–Kier alpha value is -1.59. The highest BCUT2D eigenvalue weighted by Gasteiger charge is 2.11. The van der Waals surface area contributed by atoms with E-state index in [0.717, 1.165) is 19.3 Å². The number of nitrogens with zero attached hydrogens (tertiary/aromatic N) is 3. The van der Waals surface area contributed by atoms with Crippen molar-refractivity contribution in [2.45, 2.75) is 78.9 Å². The third kappa shape index (κ3) is 6.14. The van der Waals surface area contributed by atoms with Crippen LogP contribution in [0.5, 0.6) is 0 Å². The molecular weight excluding hydrogens is 264 g/mol. The molecule has 1 heterocycles. The van der Waals surface area contributed by atoms with Crippen LogP contribution in [0.15, 0.2) is 0 Å². The van der Waals surface area contributed by atoms with Crippen molar-refractivity contribution in [1.29, 1.82) is 0 Å². The Morgan fingerprint density at radius 2 is 0.857 bits per heavy atom. The molecule has 1 aromatic heterocycles. The lowest BCUT2D eigenvalue weighted by Gasteiger charge is -2.17. The molecule has 0 aliphatic carbocycles. The molecule has 0 radical (unpaired) electrons. The normalized spacial score (nSPS) is 15.1. The number of aromatic nitrogens is 3. The van der Waals surface area contributed by atoms with Crippen molar-refractivity contribution < 1.29 is 0 Å². The number of nitrogens with one attached hydrogen (secondary N) is 3. The zero-order valence-corrected chi connectivity index (χ0v) is 14.2. The molecule has 1 rings (SSSR count). The van der Waals surface area contributed by atoms with E-state index in [1.165, 1.54) is 0 Å². The maximum Gasteiger partial charge on any atom is 0.229 e. The summed E-state index contributed by atoms with van der Waals surface area (Å²) in [6.45, 7) is 12.8. The van der Waals surface area contributed by atoms with E-state index < -0.39 is 0 Å². The van der Waals surface area contributed by atoms with E-state index >= 15 is 0 Å². The molecule has 0 amide bonds. The number of rotatable bonds is 9. The topological polar surface area (TPSA) is 74.8 Å². The molecule has 3 atom stereocenters. The fraction of sp³-hybridized carbons (Fsp3) is 0.800. The molecule has 0 saturated heterocycles. The van der Waals surface area contributed by atoms with Gasteiger partial charge in [-0.1, -0.05) is 20.8 Å². The number of hydrogen-bond acceptors (Lipinski definition) is 6. The molecule has 0 saturated carbocycles. The predicted octanol–water partition coefficient (Wildman–Crippen LogP) is 3.50. The minimum atomic E-state index is 0.334. The van der Waals surface area contributed by atoms with Crippen molar-refractivity contribution in [3.05, 3.63) is 0 Å². The lowest BCUT2D eigenvalue weighted by Crippen LogP contribution is -2.22. The summed E-state index contributed by atoms with van der Waals surface area (Å²) in [6, 6.07) is 1.00. The Morgan fingerprint density at radius 1 is 0.619 bits per heavy atom. The molecule has 6 heteroatoms. The van der Waals surface area contributed by atoms with Crippen LogP contribution in [0.1, 0.15) is 60.8 Å². The average molecular weight is 294 g/mol. The lowest BCUT2D eigenvalue weighted by molar-refractivity contribution is 0.728. The van der Waals surface area contributed by atoms with Crippen LogP contribution in [-0.4, -0.2) is 33.1 Å². The molecule has 6 nitrogen and oxygen atoms in total. The van der Waals surface area contributed by atoms with Crippen LogP contribution in [0.3, 0.4) is 0 Å². The molecule has 1 aromatic rings. The van der Waals surface area contributed by atoms with Crippen molar-refractivity contribution in [3.8, 4) is 0 Å². The van der Waals surface area contributed by atoms with E-state index in [9.17, 15) is 0 Å². The third-order valence-electron chi connectivity index (χ3n) is 3.60. The standard InChI is InChI=1S/C15H30N6/c1-7-10(4)16-13-19-14(17-11(5)8-2)21-15(20-13)18-12(6)9-3/h10-12H,7-9H2,1-6H3,(H3,16,17,18,19,20,21)/t10-,11-,12+/m0/s1. The average Bonchev–Trinajstić information content (AvgIpc) is 2.46. The van der Waals surface area contributed by atoms with Crippen molar-refractivity contribution in [2.24, 2.45) is 0 Å². The second kappa shape index (κ2) is 8.64. The van der Waals surface area contributed by atoms with Gasteiger partial charge < -0.3 is 16.0 Å². The summed E-state index contributed by atoms with van der Waals surface area (Å²) in [5, 5.41) is 9.94. The van der Waals surface area contributed by atoms with Gasteiger partial charge in [0.2, 0.25) is 17.8 Å². The van der Waals surface area contributed by atoms with Gasteiger partial charge in [-0.15, -0.1) is 0 Å². The molecule has 0 bridgehead atoms. The van der Waals surface area contributed by atoms with Gasteiger partial charge in [-0.05, 0) is 40.0 Å². The lowest BCUT2D eigenvalue weighted by atomic mass is 10.3. The highest BCUT2D eigenvalue weighted by molar-refractivity contribution is 5.43. The third-order valence-corrected chi connectivity index (χ3v) is 3.60. The van der Waals surface area contributed by atoms with Gasteiger partial charge >= 0.3 is 0 Å². The molecular formula is C15H30N6. The van der Waals surface area contributed by atoms with Gasteiger partial charge in [0.1, 0.15) is 0 Å². The molecule has 0 aliphatic heterocycles. The minimum absolute atomic E-state index is 0.334. The Morgan fingerprint density at radius 3 is 1.05 bits per heavy atom. The van der Waals surface area contributed by atoms with Crippen LogP contribution >= 0.6 is 0 Å². The summed E-state index contributed by atoms with van der Waals surface area (Å²) in [5.74, 6) is 1.86. The minimum Gasteiger partial charge on any atom is -0.352 e. The molecule has 0 fully saturated rings. The fourth-order valence-electron chi connectivity index (χ4n) is 1.54. The van der Waals surface area contributed by atoms with Crippen LogP contribution in [0, 0.1) is 0 Å². The first-order chi connectivity index (χ1) is 9.98. The van der Waals surface area contributed by atoms with Gasteiger partial charge in [0.05, 0.1) is 0 Å². The predicted molar refractivity (Wildman–Crippen MR) is 90.0 cm³/mol. The van der Waals surface area contributed by atoms with Crippen molar-refractivity contribution in [2.75, 3.05) is 16.0 Å². The van der Waals surface area contributed by atoms with E-state index in [1.54, 1.807) is 0 Å². The van der Waals surface area contributed by atoms with Gasteiger partial charge in [0, 0.05) is 18.1 Å². The van der Waals surface area contributed by atoms with Crippen molar-refractivity contribution in [3.63, 3.8) is 0 Å². The molecule has 120 valence electrons. The molecule has 0 spiro atoms. The van der Waals surface area contributed by atoms with Crippen molar-refractivity contribution in [1.82, 2.24) is 15.0 Å². The van der Waals surface area contributed by atoms with E-state index in [-0.39, 0.29) is 0 Å². The quantitative estimate of drug-likeness (QED) is 0.647. The van der Waals surface area contributed by atoms with Crippen molar-refractivity contribution >= 4 is 17.8 Å². The largest absolute Gasteiger partial charge is 0.352 e. The number of anilines is 3. The van der Waals surface area contributed by atoms with Gasteiger partial charge in [-0.25, -0.2) is 0 Å². The first-order valence-corrected chi connectivity index (χ1v) is 8.04. The smallest absolute Gasteiger partial charge is 0.229 e. The summed E-state index contributed by atoms with van der Waals surface area (Å²) in [4.78, 5) is 13.4. The fourth-order valence-corrected chi connectivity index (χ4v) is 1.54. The van der Waals surface area contributed by atoms with Crippen LogP contribution in [-0.2, 0) is 0 Å². The molecule has 0 aliphatic rings. The van der Waals surface area contributed by atoms with Crippen LogP contribution in [0.2, 0.25) is 0 Å². The maximum absolute atomic E-state index is 4.46. The molecule has 21 heavy (non-hydrogen) atoms. The van der Waals surface area contributed by atoms with Gasteiger partial charge in [0.15, 0.2) is 0 Å². The second-order valence-electron chi connectivity index (χ2n) is 5.67. The highest BCUT2D eigenvalue weighted by Crippen LogP contribution is 2.13. The molecule has 3 N–H and O–H groups in total. The van der Waals surface area contributed by atoms with Crippen LogP contribution in [0.25, 0.3) is 0 Å². The molecule has 0 unspecified atom stereocenters. The summed E-state index contributed by atoms with van der Waals surface area (Å²) in [7, 11) is 0. The Bertz CT molecular complexity index is 348. The zero-order chi connectivity index (χ0) is 15.8. The first kappa shape index (κ1) is 17.5. The van der Waals surface area contributed by atoms with E-state index in [1.807, 2.05) is 0 Å². The molecule has 0 aromatic carbocycles. The van der Waals surface area contributed by atoms with E-state index in [0.29, 0.717) is 36.0 Å². The van der Waals surface area contributed by atoms with Crippen LogP contribution in [0.4, 0.5) is 17.8 Å². The summed E-state index contributed by atoms with van der Waals surface area (Å²) in [5.41, 5.74) is 0. The summed E-state index contributed by atoms with van der Waals surface area (Å²) in [6.07, 6.45) is 3.07. The zero-order valence-electron chi connectivity index (χ0n) is 14.2. The Kier molecular flexibility index (Phi) is 7.19. The first-order valence-electron chi connectivity index (χ1n) is 8.04. The van der Waals surface area contributed by atoms with Gasteiger partial charge in [-0.3, -0.25) is 0 Å². The maximum atomic E-state index is 4.46. The monoisotopic (exact) mass is 294 g/mol. The Balaban J connectivity index is 2.95. The van der Waals surface area contributed by atoms with E-state index in [2.05, 4.69) is 72.4 Å². The van der Waals surface area contributed by atoms with Gasteiger partial charge in [0.25, 0.3) is 0 Å². The number of hydrogen-bond donors (Lipinski definition) is 3. The van der Waals surface area contributed by atoms with E-state index in [4.69, 9.17) is 0 Å². The Labute approximate surface area is 128 Å². The summed E-state index contributed by atoms with van der Waals surface area (Å²) < 4.78 is 0. The van der Waals surface area contributed by atoms with Crippen LogP contribution < -0.4 is 16.0 Å².